The molecule has 1 unspecified atom stereocenters. The highest BCUT2D eigenvalue weighted by Gasteiger charge is 2.20. The standard InChI is InChI=1S/C18H25N5OS/c1-18(2,20)10-16(25)23-15-9-13(7-6-12(15)11-19)22-14-5-3-4-8-21-17(14)24/h6-7,9-10,14,22-23,25H,3-5,8,20H2,1-2H3,(H,21,24)/b16-10-. The van der Waals surface area contributed by atoms with Crippen molar-refractivity contribution in [3.05, 3.63) is 34.9 Å². The van der Waals surface area contributed by atoms with E-state index in [2.05, 4.69) is 34.6 Å². The first-order valence-corrected chi connectivity index (χ1v) is 8.79. The van der Waals surface area contributed by atoms with Gasteiger partial charge in [-0.2, -0.15) is 5.26 Å². The van der Waals surface area contributed by atoms with Crippen LogP contribution in [0, 0.1) is 11.3 Å². The summed E-state index contributed by atoms with van der Waals surface area (Å²) < 4.78 is 0. The van der Waals surface area contributed by atoms with Crippen molar-refractivity contribution in [1.29, 1.82) is 5.26 Å². The molecule has 2 rings (SSSR count). The molecule has 0 saturated carbocycles. The van der Waals surface area contributed by atoms with Gasteiger partial charge >= 0.3 is 0 Å². The van der Waals surface area contributed by atoms with Crippen LogP contribution in [0.2, 0.25) is 0 Å². The number of amides is 1. The van der Waals surface area contributed by atoms with Gasteiger partial charge in [-0.1, -0.05) is 0 Å². The van der Waals surface area contributed by atoms with E-state index in [0.717, 1.165) is 31.5 Å². The molecular weight excluding hydrogens is 334 g/mol. The van der Waals surface area contributed by atoms with Gasteiger partial charge in [0.25, 0.3) is 0 Å². The molecule has 0 aliphatic carbocycles. The van der Waals surface area contributed by atoms with Gasteiger partial charge in [-0.05, 0) is 57.4 Å². The predicted molar refractivity (Wildman–Crippen MR) is 104 cm³/mol. The van der Waals surface area contributed by atoms with E-state index in [1.54, 1.807) is 18.2 Å². The molecule has 25 heavy (non-hydrogen) atoms. The highest BCUT2D eigenvalue weighted by molar-refractivity contribution is 7.84. The molecule has 5 N–H and O–H groups in total. The average molecular weight is 359 g/mol. The number of nitrogens with two attached hydrogens (primary N) is 1. The first-order valence-electron chi connectivity index (χ1n) is 8.34. The first-order chi connectivity index (χ1) is 11.8. The van der Waals surface area contributed by atoms with Crippen LogP contribution in [0.25, 0.3) is 0 Å². The van der Waals surface area contributed by atoms with Gasteiger partial charge in [-0.15, -0.1) is 12.6 Å². The summed E-state index contributed by atoms with van der Waals surface area (Å²) in [5.74, 6) is 0.0102. The number of carbonyl (C=O) groups is 1. The van der Waals surface area contributed by atoms with Gasteiger partial charge in [0, 0.05) is 17.8 Å². The Bertz CT molecular complexity index is 702. The molecule has 134 valence electrons. The number of thiol groups is 1. The van der Waals surface area contributed by atoms with Crippen LogP contribution in [0.3, 0.4) is 0 Å². The molecule has 7 heteroatoms. The average Bonchev–Trinajstić information content (AvgIpc) is 2.71. The molecule has 0 radical (unpaired) electrons. The molecule has 1 saturated heterocycles. The monoisotopic (exact) mass is 359 g/mol. The Balaban J connectivity index is 2.20. The molecule has 1 fully saturated rings. The van der Waals surface area contributed by atoms with Crippen molar-refractivity contribution in [2.24, 2.45) is 5.73 Å². The van der Waals surface area contributed by atoms with E-state index < -0.39 is 5.54 Å². The summed E-state index contributed by atoms with van der Waals surface area (Å²) in [7, 11) is 0. The van der Waals surface area contributed by atoms with Crippen molar-refractivity contribution in [2.75, 3.05) is 17.2 Å². The number of rotatable bonds is 5. The molecule has 1 aromatic carbocycles. The van der Waals surface area contributed by atoms with E-state index in [9.17, 15) is 10.1 Å². The van der Waals surface area contributed by atoms with E-state index in [1.807, 2.05) is 19.9 Å². The largest absolute Gasteiger partial charge is 0.374 e. The molecule has 0 aromatic heterocycles. The molecule has 1 amide bonds. The van der Waals surface area contributed by atoms with E-state index >= 15 is 0 Å². The lowest BCUT2D eigenvalue weighted by Gasteiger charge is -2.19. The fourth-order valence-corrected chi connectivity index (χ4v) is 3.09. The summed E-state index contributed by atoms with van der Waals surface area (Å²) in [6.45, 7) is 4.44. The third-order valence-electron chi connectivity index (χ3n) is 3.79. The van der Waals surface area contributed by atoms with E-state index in [-0.39, 0.29) is 11.9 Å². The third-order valence-corrected chi connectivity index (χ3v) is 4.03. The summed E-state index contributed by atoms with van der Waals surface area (Å²) in [4.78, 5) is 12.1. The van der Waals surface area contributed by atoms with Crippen LogP contribution in [0.1, 0.15) is 38.7 Å². The quantitative estimate of drug-likeness (QED) is 0.520. The Morgan fingerprint density at radius 1 is 1.48 bits per heavy atom. The van der Waals surface area contributed by atoms with E-state index in [1.165, 1.54) is 0 Å². The number of hydrogen-bond acceptors (Lipinski definition) is 6. The number of nitriles is 1. The summed E-state index contributed by atoms with van der Waals surface area (Å²) >= 11 is 4.39. The Hall–Kier alpha value is -2.17. The van der Waals surface area contributed by atoms with Gasteiger partial charge in [0.2, 0.25) is 5.91 Å². The topological polar surface area (TPSA) is 103 Å². The van der Waals surface area contributed by atoms with Gasteiger partial charge in [0.1, 0.15) is 12.1 Å². The number of carbonyl (C=O) groups excluding carboxylic acids is 1. The molecule has 6 nitrogen and oxygen atoms in total. The second-order valence-corrected chi connectivity index (χ2v) is 7.31. The van der Waals surface area contributed by atoms with E-state index in [4.69, 9.17) is 5.73 Å². The van der Waals surface area contributed by atoms with Crippen LogP contribution in [0.5, 0.6) is 0 Å². The maximum absolute atomic E-state index is 12.1. The Labute approximate surface area is 154 Å². The Kier molecular flexibility index (Phi) is 6.34. The van der Waals surface area contributed by atoms with Crippen LogP contribution < -0.4 is 21.7 Å². The summed E-state index contributed by atoms with van der Waals surface area (Å²) in [6.07, 6.45) is 4.55. The third kappa shape index (κ3) is 6.00. The fraction of sp³-hybridized carbons (Fsp3) is 0.444. The molecule has 1 aromatic rings. The predicted octanol–water partition coefficient (Wildman–Crippen LogP) is 2.56. The van der Waals surface area contributed by atoms with Gasteiger partial charge in [0.05, 0.1) is 16.3 Å². The zero-order valence-corrected chi connectivity index (χ0v) is 15.5. The fourth-order valence-electron chi connectivity index (χ4n) is 2.64. The van der Waals surface area contributed by atoms with Crippen molar-refractivity contribution in [1.82, 2.24) is 5.32 Å². The molecule has 0 spiro atoms. The lowest BCUT2D eigenvalue weighted by molar-refractivity contribution is -0.121. The summed E-state index contributed by atoms with van der Waals surface area (Å²) in [5.41, 5.74) is 7.32. The van der Waals surface area contributed by atoms with Gasteiger partial charge in [-0.3, -0.25) is 4.79 Å². The zero-order valence-electron chi connectivity index (χ0n) is 14.6. The maximum Gasteiger partial charge on any atom is 0.242 e. The van der Waals surface area contributed by atoms with Crippen LogP contribution in [-0.2, 0) is 4.79 Å². The van der Waals surface area contributed by atoms with Crippen LogP contribution in [-0.4, -0.2) is 24.0 Å². The number of hydrogen-bond donors (Lipinski definition) is 5. The van der Waals surface area contributed by atoms with Gasteiger partial charge < -0.3 is 21.7 Å². The molecule has 1 aliphatic rings. The SMILES string of the molecule is CC(C)(N)/C=C(\S)Nc1cc(NC2CCCCNC2=O)ccc1C#N. The molecule has 1 aliphatic heterocycles. The lowest BCUT2D eigenvalue weighted by Crippen LogP contribution is -2.37. The Morgan fingerprint density at radius 3 is 2.92 bits per heavy atom. The van der Waals surface area contributed by atoms with Crippen molar-refractivity contribution >= 4 is 29.9 Å². The minimum Gasteiger partial charge on any atom is -0.374 e. The highest BCUT2D eigenvalue weighted by atomic mass is 32.1. The highest BCUT2D eigenvalue weighted by Crippen LogP contribution is 2.24. The second-order valence-electron chi connectivity index (χ2n) is 6.83. The molecule has 0 bridgehead atoms. The number of nitrogens with zero attached hydrogens (tertiary/aromatic N) is 1. The van der Waals surface area contributed by atoms with Crippen molar-refractivity contribution < 1.29 is 4.79 Å². The normalized spacial score (nSPS) is 18.8. The van der Waals surface area contributed by atoms with Crippen molar-refractivity contribution in [2.45, 2.75) is 44.7 Å². The van der Waals surface area contributed by atoms with Crippen molar-refractivity contribution in [3.63, 3.8) is 0 Å². The smallest absolute Gasteiger partial charge is 0.242 e. The minimum atomic E-state index is -0.523. The maximum atomic E-state index is 12.1. The van der Waals surface area contributed by atoms with Crippen LogP contribution >= 0.6 is 12.6 Å². The van der Waals surface area contributed by atoms with Gasteiger partial charge in [-0.25, -0.2) is 0 Å². The molecule has 1 heterocycles. The molecule has 1 atom stereocenters. The summed E-state index contributed by atoms with van der Waals surface area (Å²) in [5, 5.41) is 19.1. The first kappa shape index (κ1) is 19.2. The number of anilines is 2. The van der Waals surface area contributed by atoms with Gasteiger partial charge in [0.15, 0.2) is 0 Å². The van der Waals surface area contributed by atoms with Crippen molar-refractivity contribution in [3.8, 4) is 6.07 Å². The van der Waals surface area contributed by atoms with Crippen LogP contribution in [0.15, 0.2) is 29.3 Å². The second kappa shape index (κ2) is 8.28. The zero-order chi connectivity index (χ0) is 18.4. The summed E-state index contributed by atoms with van der Waals surface area (Å²) in [6, 6.07) is 7.21. The number of benzene rings is 1. The minimum absolute atomic E-state index is 0.0102. The van der Waals surface area contributed by atoms with E-state index in [0.29, 0.717) is 16.3 Å². The Morgan fingerprint density at radius 2 is 2.24 bits per heavy atom. The lowest BCUT2D eigenvalue weighted by atomic mass is 10.1. The van der Waals surface area contributed by atoms with Crippen LogP contribution in [0.4, 0.5) is 11.4 Å². The molecular formula is C18H25N5OS. The number of nitrogens with one attached hydrogen (secondary N) is 3.